The zero-order valence-electron chi connectivity index (χ0n) is 50.6. The molecule has 95 heavy (non-hydrogen) atoms. The molecule has 43 nitrogen and oxygen atoms in total. The van der Waals surface area contributed by atoms with E-state index in [1.54, 1.807) is 0 Å². The van der Waals surface area contributed by atoms with Gasteiger partial charge in [0.05, 0.1) is 65.5 Å². The second kappa shape index (κ2) is 35.3. The van der Waals surface area contributed by atoms with Crippen LogP contribution in [0.3, 0.4) is 0 Å². The van der Waals surface area contributed by atoms with Gasteiger partial charge in [0.25, 0.3) is 0 Å². The van der Waals surface area contributed by atoms with Crippen molar-refractivity contribution >= 4 is 11.8 Å². The molecule has 0 spiro atoms. The summed E-state index contributed by atoms with van der Waals surface area (Å²) in [6.45, 7) is -7.77. The molecular weight excluding hydrogens is 1310 g/mol. The Bertz CT molecular complexity index is 2330. The molecule has 0 unspecified atom stereocenters. The second-order valence-corrected chi connectivity index (χ2v) is 23.6. The van der Waals surface area contributed by atoms with E-state index in [4.69, 9.17) is 66.3 Å². The number of aliphatic hydroxyl groups is 25. The fourth-order valence-corrected chi connectivity index (χ4v) is 11.7. The summed E-state index contributed by atoms with van der Waals surface area (Å²) in [5, 5.41) is 276. The van der Waals surface area contributed by atoms with Crippen molar-refractivity contribution in [3.05, 3.63) is 0 Å². The Kier molecular flexibility index (Phi) is 29.6. The monoisotopic (exact) mass is 1400 g/mol. The van der Waals surface area contributed by atoms with Crippen LogP contribution in [0.4, 0.5) is 0 Å². The first kappa shape index (κ1) is 79.7. The van der Waals surface area contributed by atoms with E-state index >= 15 is 0 Å². The molecule has 0 bridgehead atoms. The third kappa shape index (κ3) is 17.8. The molecule has 7 aliphatic rings. The quantitative estimate of drug-likeness (QED) is 0.0346. The summed E-state index contributed by atoms with van der Waals surface area (Å²) >= 11 is 0. The first-order chi connectivity index (χ1) is 44.9. The maximum Gasteiger partial charge on any atom is 0.217 e. The van der Waals surface area contributed by atoms with Gasteiger partial charge in [0.2, 0.25) is 11.8 Å². The summed E-state index contributed by atoms with van der Waals surface area (Å²) in [5.74, 6) is -1.73. The lowest BCUT2D eigenvalue weighted by molar-refractivity contribution is -0.413. The van der Waals surface area contributed by atoms with Gasteiger partial charge in [0.15, 0.2) is 44.0 Å². The highest BCUT2D eigenvalue weighted by Crippen LogP contribution is 2.39. The number of aliphatic hydroxyl groups excluding tert-OH is 25. The minimum Gasteiger partial charge on any atom is -0.394 e. The van der Waals surface area contributed by atoms with E-state index in [1.807, 2.05) is 0 Å². The van der Waals surface area contributed by atoms with E-state index in [1.165, 1.54) is 0 Å². The van der Waals surface area contributed by atoms with Crippen LogP contribution in [0.25, 0.3) is 0 Å². The molecule has 7 saturated heterocycles. The number of ether oxygens (including phenoxy) is 14. The number of hydrogen-bond donors (Lipinski definition) is 27. The molecule has 0 aromatic carbocycles. The van der Waals surface area contributed by atoms with Crippen LogP contribution in [0.2, 0.25) is 0 Å². The average molecular weight is 1400 g/mol. The molecule has 7 rings (SSSR count). The largest absolute Gasteiger partial charge is 0.394 e. The van der Waals surface area contributed by atoms with Crippen molar-refractivity contribution < 1.29 is 204 Å². The van der Waals surface area contributed by atoms with Gasteiger partial charge in [0.1, 0.15) is 189 Å². The minimum absolute atomic E-state index is 0.785. The van der Waals surface area contributed by atoms with Crippen molar-refractivity contribution in [1.82, 2.24) is 10.6 Å². The summed E-state index contributed by atoms with van der Waals surface area (Å²) in [4.78, 5) is 24.7. The van der Waals surface area contributed by atoms with Crippen LogP contribution in [0.1, 0.15) is 13.8 Å². The van der Waals surface area contributed by atoms with Crippen LogP contribution in [-0.4, -0.2) is 438 Å². The van der Waals surface area contributed by atoms with Gasteiger partial charge < -0.3 is 205 Å². The maximum absolute atomic E-state index is 12.8. The average Bonchev–Trinajstić information content (AvgIpc) is 0.777. The van der Waals surface area contributed by atoms with Crippen LogP contribution >= 0.6 is 0 Å². The number of rotatable bonds is 28. The highest BCUT2D eigenvalue weighted by atomic mass is 16.8. The van der Waals surface area contributed by atoms with E-state index < -0.39 is 311 Å². The van der Waals surface area contributed by atoms with Gasteiger partial charge in [-0.3, -0.25) is 9.59 Å². The van der Waals surface area contributed by atoms with Crippen LogP contribution in [0.15, 0.2) is 0 Å². The number of carbonyl (C=O) groups is 2. The Morgan fingerprint density at radius 3 is 1.13 bits per heavy atom. The third-order valence-corrected chi connectivity index (χ3v) is 17.1. The molecule has 0 aromatic rings. The van der Waals surface area contributed by atoms with Crippen LogP contribution < -0.4 is 10.6 Å². The highest BCUT2D eigenvalue weighted by Gasteiger charge is 2.60. The Balaban J connectivity index is 1.23. The van der Waals surface area contributed by atoms with E-state index in [0.717, 1.165) is 13.8 Å². The van der Waals surface area contributed by atoms with Gasteiger partial charge in [-0.15, -0.1) is 0 Å². The van der Waals surface area contributed by atoms with Crippen molar-refractivity contribution in [3.8, 4) is 0 Å². The predicted octanol–water partition coefficient (Wildman–Crippen LogP) is -18.5. The first-order valence-corrected chi connectivity index (χ1v) is 30.1. The summed E-state index contributed by atoms with van der Waals surface area (Å²) in [6.07, 6.45) is -78.7. The molecular formula is C52H90N2O41. The van der Waals surface area contributed by atoms with Gasteiger partial charge in [0, 0.05) is 13.8 Å². The van der Waals surface area contributed by atoms with Crippen molar-refractivity contribution in [1.29, 1.82) is 0 Å². The number of hydrogen-bond acceptors (Lipinski definition) is 41. The molecule has 2 amide bonds. The van der Waals surface area contributed by atoms with E-state index in [-0.39, 0.29) is 0 Å². The van der Waals surface area contributed by atoms with Gasteiger partial charge in [-0.1, -0.05) is 0 Å². The van der Waals surface area contributed by atoms with Gasteiger partial charge in [-0.2, -0.15) is 0 Å². The lowest BCUT2D eigenvalue weighted by Gasteiger charge is -2.51. The molecule has 554 valence electrons. The van der Waals surface area contributed by atoms with Gasteiger partial charge in [-0.25, -0.2) is 0 Å². The molecule has 0 aliphatic carbocycles. The molecule has 7 fully saturated rings. The van der Waals surface area contributed by atoms with Crippen molar-refractivity contribution in [2.45, 2.75) is 253 Å². The molecule has 7 aliphatic heterocycles. The van der Waals surface area contributed by atoms with Gasteiger partial charge in [-0.05, 0) is 0 Å². The van der Waals surface area contributed by atoms with E-state index in [9.17, 15) is 137 Å². The van der Waals surface area contributed by atoms with Crippen molar-refractivity contribution in [3.63, 3.8) is 0 Å². The maximum atomic E-state index is 12.8. The Hall–Kier alpha value is -2.62. The summed E-state index contributed by atoms with van der Waals surface area (Å²) in [7, 11) is 0. The molecule has 39 atom stereocenters. The summed E-state index contributed by atoms with van der Waals surface area (Å²) < 4.78 is 81.5. The number of nitrogens with one attached hydrogen (secondary N) is 2. The Morgan fingerprint density at radius 1 is 0.358 bits per heavy atom. The summed E-state index contributed by atoms with van der Waals surface area (Å²) in [5.41, 5.74) is 0. The SMILES string of the molecule is CC(=O)N[C@H]1[C@H](O[C@@H]([C@H](O)[C@H](CO)NC(C)=O)[C@H](O)CO)O[C@H](CO)[C@@H](O[C@@H]2O[C@H](CO[C@H]3O[C@H](CO)[C@@H](O)[C@H](O)[C@@H]3O)[C@@H](O)[C@H](O[C@H]3O[C@H](CO)[C@@H](O)[C@H](O)[C@@H]3O[C@H]3O[C@H](CO)[C@@H](O)[C@H](O)[C@@H]3O[C@H]3O[C@H](CO)[C@@H](O)[C@H](O)[C@@H]3O[C@H]3O[C@H](CO)[C@@H](O)[C@H](O)[C@@H]3O)[C@@H]2O)[C@@H]1O. The highest BCUT2D eigenvalue weighted by molar-refractivity contribution is 5.73. The standard InChI is InChI=1S/C52H90N2O41/c1-12(63)53-14(3-55)24(66)40(15(65)4-56)90-46-23(54-13(2)64)31(73)41(21(10-62)88-46)91-49-39(81)42(30(72)22(89-49)11-82-47-37(79)32(74)25(67)16(5-57)83-47)92-50-44(35(77)28(70)18(7-59)85-50)94-52-45(36(78)29(71)20(9-61)87-52)95-51-43(34(76)27(69)19(8-60)86-51)93-48-38(80)33(75)26(68)17(6-58)84-48/h14-52,55-62,65-81H,3-11H2,1-2H3,(H,53,63)(H,54,64)/t14-,15+,16+,17+,18+,19+,20+,21+,22+,23+,24+,25+,26+,27+,28+,29+,30+,31+,32-,33-,34-,35-,36-,37-,38-,39-,40+,41+,42-,43-,44-,45-,46-,47-,48+,49-,50+,51+,52+/m0/s1. The molecule has 0 saturated carbocycles. The smallest absolute Gasteiger partial charge is 0.217 e. The Labute approximate surface area is 537 Å². The van der Waals surface area contributed by atoms with Crippen LogP contribution in [0.5, 0.6) is 0 Å². The lowest BCUT2D eigenvalue weighted by atomic mass is 9.94. The normalized spacial score (nSPS) is 47.3. The van der Waals surface area contributed by atoms with Crippen LogP contribution in [0, 0.1) is 0 Å². The first-order valence-electron chi connectivity index (χ1n) is 30.1. The predicted molar refractivity (Wildman–Crippen MR) is 290 cm³/mol. The fraction of sp³-hybridized carbons (Fsp3) is 0.962. The zero-order valence-corrected chi connectivity index (χ0v) is 50.6. The molecule has 0 radical (unpaired) electrons. The molecule has 43 heteroatoms. The van der Waals surface area contributed by atoms with Gasteiger partial charge >= 0.3 is 0 Å². The van der Waals surface area contributed by atoms with E-state index in [0.29, 0.717) is 0 Å². The molecule has 0 aromatic heterocycles. The lowest BCUT2D eigenvalue weighted by Crippen LogP contribution is -2.70. The molecule has 27 N–H and O–H groups in total. The number of carbonyl (C=O) groups excluding carboxylic acids is 2. The van der Waals surface area contributed by atoms with E-state index in [2.05, 4.69) is 10.6 Å². The second-order valence-electron chi connectivity index (χ2n) is 23.6. The van der Waals surface area contributed by atoms with Crippen molar-refractivity contribution in [2.24, 2.45) is 0 Å². The number of amides is 2. The Morgan fingerprint density at radius 2 is 0.716 bits per heavy atom. The third-order valence-electron chi connectivity index (χ3n) is 17.1. The molecule has 7 heterocycles. The van der Waals surface area contributed by atoms with Crippen molar-refractivity contribution in [2.75, 3.05) is 59.5 Å². The fourth-order valence-electron chi connectivity index (χ4n) is 11.7. The zero-order chi connectivity index (χ0) is 70.3. The topological polar surface area (TPSA) is 693 Å². The summed E-state index contributed by atoms with van der Waals surface area (Å²) in [6, 6.07) is -3.52. The minimum atomic E-state index is -2.51. The van der Waals surface area contributed by atoms with Crippen LogP contribution in [-0.2, 0) is 75.9 Å².